The highest BCUT2D eigenvalue weighted by atomic mass is 35.5. The second kappa shape index (κ2) is 9.28. The molecule has 0 spiro atoms. The molecule has 0 atom stereocenters. The summed E-state index contributed by atoms with van der Waals surface area (Å²) >= 11 is 5.52. The van der Waals surface area contributed by atoms with Crippen molar-refractivity contribution in [2.45, 2.75) is 39.2 Å². The molecule has 0 aliphatic heterocycles. The van der Waals surface area contributed by atoms with E-state index in [0.29, 0.717) is 5.88 Å². The lowest BCUT2D eigenvalue weighted by molar-refractivity contribution is -0.127. The summed E-state index contributed by atoms with van der Waals surface area (Å²) in [6, 6.07) is 0. The Morgan fingerprint density at radius 3 is 2.64 bits per heavy atom. The minimum Gasteiger partial charge on any atom is -0.369 e. The molecule has 0 saturated heterocycles. The molecule has 0 aromatic carbocycles. The minimum atomic E-state index is -0.0374. The molecule has 0 aromatic heterocycles. The van der Waals surface area contributed by atoms with Gasteiger partial charge < -0.3 is 10.1 Å². The number of halogens is 1. The molecule has 1 amide bonds. The van der Waals surface area contributed by atoms with E-state index < -0.39 is 0 Å². The van der Waals surface area contributed by atoms with Gasteiger partial charge in [0.25, 0.3) is 0 Å². The Balaban J connectivity index is 3.18. The van der Waals surface area contributed by atoms with Gasteiger partial charge in [-0.05, 0) is 26.7 Å². The number of nitrogens with one attached hydrogen (secondary N) is 1. The van der Waals surface area contributed by atoms with E-state index in [1.165, 1.54) is 0 Å². The van der Waals surface area contributed by atoms with Crippen LogP contribution in [0.5, 0.6) is 0 Å². The molecule has 0 fully saturated rings. The Morgan fingerprint density at radius 2 is 2.07 bits per heavy atom. The molecule has 0 heterocycles. The lowest BCUT2D eigenvalue weighted by Crippen LogP contribution is -2.29. The third-order valence-electron chi connectivity index (χ3n) is 1.68. The molecule has 0 aromatic rings. The fourth-order valence-corrected chi connectivity index (χ4v) is 1.11. The standard InChI is InChI=1S/C10H20ClNO2/c1-9(2)14-8-10(13)12-7-5-3-4-6-11/h9H,3-8H2,1-2H3,(H,12,13). The van der Waals surface area contributed by atoms with Crippen LogP contribution >= 0.6 is 11.6 Å². The molecule has 0 aliphatic carbocycles. The fourth-order valence-electron chi connectivity index (χ4n) is 0.917. The largest absolute Gasteiger partial charge is 0.369 e. The summed E-state index contributed by atoms with van der Waals surface area (Å²) in [6.07, 6.45) is 3.17. The van der Waals surface area contributed by atoms with Crippen LogP contribution in [-0.4, -0.2) is 31.0 Å². The Kier molecular flexibility index (Phi) is 9.10. The Hall–Kier alpha value is -0.280. The van der Waals surface area contributed by atoms with Crippen molar-refractivity contribution in [2.24, 2.45) is 0 Å². The van der Waals surface area contributed by atoms with Crippen molar-refractivity contribution in [2.75, 3.05) is 19.0 Å². The number of carbonyl (C=O) groups excluding carboxylic acids is 1. The van der Waals surface area contributed by atoms with Crippen LogP contribution in [0.15, 0.2) is 0 Å². The van der Waals surface area contributed by atoms with Gasteiger partial charge in [-0.25, -0.2) is 0 Å². The maximum atomic E-state index is 11.1. The van der Waals surface area contributed by atoms with Gasteiger partial charge >= 0.3 is 0 Å². The van der Waals surface area contributed by atoms with Crippen LogP contribution < -0.4 is 5.32 Å². The Labute approximate surface area is 91.2 Å². The second-order valence-electron chi connectivity index (χ2n) is 3.46. The van der Waals surface area contributed by atoms with Gasteiger partial charge in [0, 0.05) is 12.4 Å². The molecule has 0 saturated carbocycles. The average molecular weight is 222 g/mol. The smallest absolute Gasteiger partial charge is 0.246 e. The summed E-state index contributed by atoms with van der Waals surface area (Å²) < 4.78 is 5.15. The molecule has 0 aliphatic rings. The molecule has 0 rings (SSSR count). The normalized spacial score (nSPS) is 10.6. The van der Waals surface area contributed by atoms with Crippen LogP contribution in [0.4, 0.5) is 0 Å². The van der Waals surface area contributed by atoms with E-state index in [1.54, 1.807) is 0 Å². The minimum absolute atomic E-state index is 0.0374. The number of ether oxygens (including phenoxy) is 1. The highest BCUT2D eigenvalue weighted by molar-refractivity contribution is 6.17. The maximum Gasteiger partial charge on any atom is 0.246 e. The molecule has 3 nitrogen and oxygen atoms in total. The SMILES string of the molecule is CC(C)OCC(=O)NCCCCCCl. The van der Waals surface area contributed by atoms with Gasteiger partial charge in [-0.3, -0.25) is 4.79 Å². The van der Waals surface area contributed by atoms with Gasteiger partial charge in [-0.2, -0.15) is 0 Å². The number of hydrogen-bond acceptors (Lipinski definition) is 2. The number of unbranched alkanes of at least 4 members (excludes halogenated alkanes) is 2. The van der Waals surface area contributed by atoms with Crippen LogP contribution in [0.1, 0.15) is 33.1 Å². The molecular weight excluding hydrogens is 202 g/mol. The molecule has 84 valence electrons. The molecule has 0 radical (unpaired) electrons. The number of alkyl halides is 1. The first kappa shape index (κ1) is 13.7. The zero-order chi connectivity index (χ0) is 10.8. The fraction of sp³-hybridized carbons (Fsp3) is 0.900. The maximum absolute atomic E-state index is 11.1. The van der Waals surface area contributed by atoms with Crippen molar-refractivity contribution < 1.29 is 9.53 Å². The summed E-state index contributed by atoms with van der Waals surface area (Å²) in [4.78, 5) is 11.1. The van der Waals surface area contributed by atoms with Gasteiger partial charge in [-0.1, -0.05) is 6.42 Å². The first-order valence-corrected chi connectivity index (χ1v) is 5.64. The van der Waals surface area contributed by atoms with Crippen LogP contribution in [0.25, 0.3) is 0 Å². The van der Waals surface area contributed by atoms with E-state index in [2.05, 4.69) is 5.32 Å². The van der Waals surface area contributed by atoms with Crippen LogP contribution in [0.3, 0.4) is 0 Å². The van der Waals surface area contributed by atoms with E-state index in [4.69, 9.17) is 16.3 Å². The lowest BCUT2D eigenvalue weighted by Gasteiger charge is -2.07. The van der Waals surface area contributed by atoms with E-state index in [0.717, 1.165) is 25.8 Å². The Morgan fingerprint density at radius 1 is 1.36 bits per heavy atom. The number of carbonyl (C=O) groups is 1. The first-order chi connectivity index (χ1) is 6.66. The van der Waals surface area contributed by atoms with E-state index in [1.807, 2.05) is 13.8 Å². The summed E-state index contributed by atoms with van der Waals surface area (Å²) in [5.74, 6) is 0.661. The summed E-state index contributed by atoms with van der Waals surface area (Å²) in [5.41, 5.74) is 0. The highest BCUT2D eigenvalue weighted by Crippen LogP contribution is 1.95. The quantitative estimate of drug-likeness (QED) is 0.503. The number of hydrogen-bond donors (Lipinski definition) is 1. The molecule has 0 unspecified atom stereocenters. The number of rotatable bonds is 8. The van der Waals surface area contributed by atoms with Crippen molar-refractivity contribution >= 4 is 17.5 Å². The predicted molar refractivity (Wildman–Crippen MR) is 58.7 cm³/mol. The molecular formula is C10H20ClNO2. The third kappa shape index (κ3) is 9.81. The van der Waals surface area contributed by atoms with Gasteiger partial charge in [0.15, 0.2) is 0 Å². The third-order valence-corrected chi connectivity index (χ3v) is 1.95. The van der Waals surface area contributed by atoms with Crippen molar-refractivity contribution in [3.05, 3.63) is 0 Å². The Bertz CT molecular complexity index is 151. The van der Waals surface area contributed by atoms with Crippen LogP contribution in [0.2, 0.25) is 0 Å². The van der Waals surface area contributed by atoms with Gasteiger partial charge in [0.2, 0.25) is 5.91 Å². The summed E-state index contributed by atoms with van der Waals surface area (Å²) in [7, 11) is 0. The molecule has 4 heteroatoms. The van der Waals surface area contributed by atoms with Crippen molar-refractivity contribution in [3.8, 4) is 0 Å². The van der Waals surface area contributed by atoms with Crippen LogP contribution in [0, 0.1) is 0 Å². The second-order valence-corrected chi connectivity index (χ2v) is 3.84. The molecule has 14 heavy (non-hydrogen) atoms. The monoisotopic (exact) mass is 221 g/mol. The predicted octanol–water partition coefficient (Wildman–Crippen LogP) is 1.94. The highest BCUT2D eigenvalue weighted by Gasteiger charge is 2.01. The average Bonchev–Trinajstić information content (AvgIpc) is 2.14. The topological polar surface area (TPSA) is 38.3 Å². The molecule has 0 bridgehead atoms. The first-order valence-electron chi connectivity index (χ1n) is 5.11. The van der Waals surface area contributed by atoms with Crippen molar-refractivity contribution in [1.29, 1.82) is 0 Å². The molecule has 1 N–H and O–H groups in total. The van der Waals surface area contributed by atoms with Gasteiger partial charge in [0.05, 0.1) is 6.10 Å². The zero-order valence-corrected chi connectivity index (χ0v) is 9.77. The lowest BCUT2D eigenvalue weighted by atomic mass is 10.2. The van der Waals surface area contributed by atoms with Crippen molar-refractivity contribution in [1.82, 2.24) is 5.32 Å². The van der Waals surface area contributed by atoms with Crippen molar-refractivity contribution in [3.63, 3.8) is 0 Å². The number of amides is 1. The summed E-state index contributed by atoms with van der Waals surface area (Å²) in [6.45, 7) is 4.70. The van der Waals surface area contributed by atoms with Crippen LogP contribution in [-0.2, 0) is 9.53 Å². The van der Waals surface area contributed by atoms with Gasteiger partial charge in [-0.15, -0.1) is 11.6 Å². The van der Waals surface area contributed by atoms with E-state index in [9.17, 15) is 4.79 Å². The van der Waals surface area contributed by atoms with E-state index >= 15 is 0 Å². The zero-order valence-electron chi connectivity index (χ0n) is 9.01. The van der Waals surface area contributed by atoms with Gasteiger partial charge in [0.1, 0.15) is 6.61 Å². The summed E-state index contributed by atoms with van der Waals surface area (Å²) in [5, 5.41) is 2.79. The van der Waals surface area contributed by atoms with E-state index in [-0.39, 0.29) is 18.6 Å².